The average Bonchev–Trinajstić information content (AvgIpc) is 2.94. The second-order valence-electron chi connectivity index (χ2n) is 5.78. The van der Waals surface area contributed by atoms with Crippen LogP contribution in [0.5, 0.6) is 0 Å². The minimum absolute atomic E-state index is 0.910. The summed E-state index contributed by atoms with van der Waals surface area (Å²) in [7, 11) is 0. The van der Waals surface area contributed by atoms with E-state index in [0.717, 1.165) is 44.1 Å². The fraction of sp³-hybridized carbons (Fsp3) is 0.389. The van der Waals surface area contributed by atoms with Crippen molar-refractivity contribution in [3.05, 3.63) is 64.5 Å². The summed E-state index contributed by atoms with van der Waals surface area (Å²) in [4.78, 5) is 7.05. The molecule has 0 spiro atoms. The molecule has 0 amide bonds. The predicted octanol–water partition coefficient (Wildman–Crippen LogP) is 3.02. The van der Waals surface area contributed by atoms with Crippen LogP contribution in [0.2, 0.25) is 0 Å². The van der Waals surface area contributed by atoms with Gasteiger partial charge in [0.1, 0.15) is 0 Å². The van der Waals surface area contributed by atoms with Gasteiger partial charge in [-0.1, -0.05) is 31.2 Å². The first-order valence-corrected chi connectivity index (χ1v) is 7.71. The Morgan fingerprint density at radius 2 is 1.95 bits per heavy atom. The van der Waals surface area contributed by atoms with Crippen molar-refractivity contribution in [3.8, 4) is 0 Å². The highest BCUT2D eigenvalue weighted by Gasteiger charge is 2.12. The van der Waals surface area contributed by atoms with E-state index in [1.807, 2.05) is 13.0 Å². The molecule has 0 fully saturated rings. The number of aryl methyl sites for hydroxylation is 1. The lowest BCUT2D eigenvalue weighted by molar-refractivity contribution is 0.268. The Labute approximate surface area is 127 Å². The van der Waals surface area contributed by atoms with Gasteiger partial charge in [0.25, 0.3) is 0 Å². The third-order valence-corrected chi connectivity index (χ3v) is 4.09. The number of pyridine rings is 1. The molecule has 0 radical (unpaired) electrons. The molecule has 1 N–H and O–H groups in total. The minimum Gasteiger partial charge on any atom is -0.309 e. The zero-order chi connectivity index (χ0) is 14.7. The van der Waals surface area contributed by atoms with Crippen LogP contribution in [-0.2, 0) is 26.2 Å². The number of benzene rings is 1. The highest BCUT2D eigenvalue weighted by Crippen LogP contribution is 2.18. The molecule has 110 valence electrons. The van der Waals surface area contributed by atoms with E-state index in [1.54, 1.807) is 0 Å². The number of nitrogens with zero attached hydrogens (tertiary/aromatic N) is 2. The van der Waals surface area contributed by atoms with Gasteiger partial charge in [0.2, 0.25) is 0 Å². The topological polar surface area (TPSA) is 28.2 Å². The fourth-order valence-electron chi connectivity index (χ4n) is 2.90. The van der Waals surface area contributed by atoms with Crippen molar-refractivity contribution in [3.63, 3.8) is 0 Å². The lowest BCUT2D eigenvalue weighted by Crippen LogP contribution is -2.23. The van der Waals surface area contributed by atoms with Crippen LogP contribution in [0.25, 0.3) is 0 Å². The van der Waals surface area contributed by atoms with Crippen LogP contribution in [0.3, 0.4) is 0 Å². The third kappa shape index (κ3) is 3.49. The molecule has 0 aliphatic carbocycles. The van der Waals surface area contributed by atoms with Crippen molar-refractivity contribution in [2.45, 2.75) is 40.0 Å². The SMILES string of the molecule is CCN(Cc1ccc2c(c1)CNC2)Cc1cccc(C)n1. The number of hydrogen-bond acceptors (Lipinski definition) is 3. The Balaban J connectivity index is 1.69. The second-order valence-corrected chi connectivity index (χ2v) is 5.78. The van der Waals surface area contributed by atoms with E-state index >= 15 is 0 Å². The van der Waals surface area contributed by atoms with Crippen LogP contribution in [0.15, 0.2) is 36.4 Å². The number of rotatable bonds is 5. The van der Waals surface area contributed by atoms with Crippen molar-refractivity contribution in [2.24, 2.45) is 0 Å². The molecule has 2 heterocycles. The van der Waals surface area contributed by atoms with Gasteiger partial charge in [-0.2, -0.15) is 0 Å². The zero-order valence-electron chi connectivity index (χ0n) is 12.9. The largest absolute Gasteiger partial charge is 0.309 e. The monoisotopic (exact) mass is 281 g/mol. The van der Waals surface area contributed by atoms with Gasteiger partial charge in [0.05, 0.1) is 5.69 Å². The van der Waals surface area contributed by atoms with Crippen LogP contribution >= 0.6 is 0 Å². The first kappa shape index (κ1) is 14.2. The predicted molar refractivity (Wildman–Crippen MR) is 85.7 cm³/mol. The Morgan fingerprint density at radius 3 is 2.76 bits per heavy atom. The summed E-state index contributed by atoms with van der Waals surface area (Å²) < 4.78 is 0. The van der Waals surface area contributed by atoms with E-state index in [0.29, 0.717) is 0 Å². The summed E-state index contributed by atoms with van der Waals surface area (Å²) in [6, 6.07) is 13.1. The smallest absolute Gasteiger partial charge is 0.0547 e. The molecule has 3 nitrogen and oxygen atoms in total. The van der Waals surface area contributed by atoms with Gasteiger partial charge in [-0.25, -0.2) is 0 Å². The zero-order valence-corrected chi connectivity index (χ0v) is 12.9. The van der Waals surface area contributed by atoms with Crippen LogP contribution in [0.4, 0.5) is 0 Å². The molecule has 1 aromatic heterocycles. The quantitative estimate of drug-likeness (QED) is 0.913. The minimum atomic E-state index is 0.910. The van der Waals surface area contributed by atoms with E-state index < -0.39 is 0 Å². The molecule has 0 saturated carbocycles. The number of hydrogen-bond donors (Lipinski definition) is 1. The summed E-state index contributed by atoms with van der Waals surface area (Å²) in [6.45, 7) is 9.21. The summed E-state index contributed by atoms with van der Waals surface area (Å²) in [6.07, 6.45) is 0. The first-order chi connectivity index (χ1) is 10.2. The normalized spacial score (nSPS) is 13.7. The van der Waals surface area contributed by atoms with Gasteiger partial charge in [-0.3, -0.25) is 9.88 Å². The van der Waals surface area contributed by atoms with Crippen molar-refractivity contribution < 1.29 is 0 Å². The maximum absolute atomic E-state index is 4.61. The third-order valence-electron chi connectivity index (χ3n) is 4.09. The van der Waals surface area contributed by atoms with Crippen LogP contribution < -0.4 is 5.32 Å². The van der Waals surface area contributed by atoms with Crippen LogP contribution in [0, 0.1) is 6.92 Å². The molecule has 3 heteroatoms. The number of fused-ring (bicyclic) bond motifs is 1. The molecule has 0 atom stereocenters. The van der Waals surface area contributed by atoms with E-state index in [1.165, 1.54) is 16.7 Å². The molecule has 2 aromatic rings. The van der Waals surface area contributed by atoms with E-state index in [9.17, 15) is 0 Å². The van der Waals surface area contributed by atoms with Gasteiger partial charge < -0.3 is 5.32 Å². The Bertz CT molecular complexity index is 622. The number of nitrogens with one attached hydrogen (secondary N) is 1. The van der Waals surface area contributed by atoms with Gasteiger partial charge >= 0.3 is 0 Å². The van der Waals surface area contributed by atoms with Crippen molar-refractivity contribution in [2.75, 3.05) is 6.54 Å². The molecule has 1 aromatic carbocycles. The van der Waals surface area contributed by atoms with Gasteiger partial charge in [-0.15, -0.1) is 0 Å². The molecule has 0 unspecified atom stereocenters. The average molecular weight is 281 g/mol. The summed E-state index contributed by atoms with van der Waals surface area (Å²) in [5.41, 5.74) is 6.54. The van der Waals surface area contributed by atoms with Gasteiger partial charge in [-0.05, 0) is 42.3 Å². The highest BCUT2D eigenvalue weighted by atomic mass is 15.1. The molecule has 1 aliphatic rings. The van der Waals surface area contributed by atoms with Crippen molar-refractivity contribution in [1.82, 2.24) is 15.2 Å². The van der Waals surface area contributed by atoms with E-state index in [-0.39, 0.29) is 0 Å². The summed E-state index contributed by atoms with van der Waals surface area (Å²) in [5.74, 6) is 0. The molecule has 0 bridgehead atoms. The van der Waals surface area contributed by atoms with Gasteiger partial charge in [0, 0.05) is 31.9 Å². The molecular formula is C18H23N3. The second kappa shape index (κ2) is 6.37. The summed E-state index contributed by atoms with van der Waals surface area (Å²) in [5, 5.41) is 3.40. The van der Waals surface area contributed by atoms with Gasteiger partial charge in [0.15, 0.2) is 0 Å². The van der Waals surface area contributed by atoms with E-state index in [4.69, 9.17) is 0 Å². The maximum atomic E-state index is 4.61. The molecule has 3 rings (SSSR count). The fourth-order valence-corrected chi connectivity index (χ4v) is 2.90. The number of aromatic nitrogens is 1. The Hall–Kier alpha value is -1.71. The van der Waals surface area contributed by atoms with E-state index in [2.05, 4.69) is 52.5 Å². The molecule has 21 heavy (non-hydrogen) atoms. The Kier molecular flexibility index (Phi) is 4.32. The highest BCUT2D eigenvalue weighted by molar-refractivity contribution is 5.34. The lowest BCUT2D eigenvalue weighted by Gasteiger charge is -2.20. The van der Waals surface area contributed by atoms with Crippen LogP contribution in [-0.4, -0.2) is 16.4 Å². The standard InChI is InChI=1S/C18H23N3/c1-3-21(13-18-6-4-5-14(2)20-18)12-15-7-8-16-10-19-11-17(16)9-15/h4-9,19H,3,10-13H2,1-2H3. The molecule has 1 aliphatic heterocycles. The summed E-state index contributed by atoms with van der Waals surface area (Å²) >= 11 is 0. The van der Waals surface area contributed by atoms with Crippen molar-refractivity contribution >= 4 is 0 Å². The maximum Gasteiger partial charge on any atom is 0.0547 e. The lowest BCUT2D eigenvalue weighted by atomic mass is 10.1. The van der Waals surface area contributed by atoms with Crippen LogP contribution in [0.1, 0.15) is 35.0 Å². The molecular weight excluding hydrogens is 258 g/mol. The molecule has 0 saturated heterocycles. The van der Waals surface area contributed by atoms with Crippen molar-refractivity contribution in [1.29, 1.82) is 0 Å². The Morgan fingerprint density at radius 1 is 1.10 bits per heavy atom. The first-order valence-electron chi connectivity index (χ1n) is 7.71.